The van der Waals surface area contributed by atoms with E-state index in [1.165, 1.54) is 6.42 Å². The molecule has 20 heavy (non-hydrogen) atoms. The Morgan fingerprint density at radius 2 is 2.05 bits per heavy atom. The lowest BCUT2D eigenvalue weighted by atomic mass is 9.92. The van der Waals surface area contributed by atoms with Gasteiger partial charge in [-0.25, -0.2) is 0 Å². The molecule has 0 bridgehead atoms. The number of aromatic nitrogens is 2. The highest BCUT2D eigenvalue weighted by atomic mass is 15.2. The summed E-state index contributed by atoms with van der Waals surface area (Å²) in [5.74, 6) is 2.74. The summed E-state index contributed by atoms with van der Waals surface area (Å²) in [6, 6.07) is 0.672. The van der Waals surface area contributed by atoms with Crippen molar-refractivity contribution in [2.45, 2.75) is 38.6 Å². The van der Waals surface area contributed by atoms with Gasteiger partial charge in [0.25, 0.3) is 0 Å². The van der Waals surface area contributed by atoms with Crippen molar-refractivity contribution in [3.05, 3.63) is 5.56 Å². The predicted octanol–water partition coefficient (Wildman–Crippen LogP) is 0.953. The second-order valence-corrected chi connectivity index (χ2v) is 6.20. The van der Waals surface area contributed by atoms with Gasteiger partial charge in [0.1, 0.15) is 11.6 Å². The molecule has 110 valence electrons. The zero-order valence-corrected chi connectivity index (χ0v) is 12.3. The molecule has 6 heteroatoms. The fourth-order valence-corrected chi connectivity index (χ4v) is 3.53. The summed E-state index contributed by atoms with van der Waals surface area (Å²) < 4.78 is 0. The molecule has 2 unspecified atom stereocenters. The molecule has 3 heterocycles. The van der Waals surface area contributed by atoms with Crippen molar-refractivity contribution in [3.8, 4) is 0 Å². The highest BCUT2D eigenvalue weighted by molar-refractivity contribution is 5.61. The van der Waals surface area contributed by atoms with E-state index >= 15 is 0 Å². The molecule has 0 aromatic carbocycles. The largest absolute Gasteiger partial charge is 0.383 e. The van der Waals surface area contributed by atoms with Crippen molar-refractivity contribution in [2.75, 3.05) is 36.0 Å². The van der Waals surface area contributed by atoms with Crippen LogP contribution in [0, 0.1) is 5.92 Å². The topological polar surface area (TPSA) is 93.1 Å². The van der Waals surface area contributed by atoms with Crippen LogP contribution >= 0.6 is 0 Å². The summed E-state index contributed by atoms with van der Waals surface area (Å²) in [5.41, 5.74) is 12.9. The summed E-state index contributed by atoms with van der Waals surface area (Å²) in [5, 5.41) is 3.58. The Morgan fingerprint density at radius 3 is 2.80 bits per heavy atom. The maximum Gasteiger partial charge on any atom is 0.223 e. The van der Waals surface area contributed by atoms with Crippen molar-refractivity contribution in [1.82, 2.24) is 15.3 Å². The standard InChI is InChI=1S/C14H24N6/c1-8(2)11-12(15)18-14(16)19-13(11)20-6-4-10-9(7-20)3-5-17-10/h8-10,17H,3-7H2,1-2H3,(H4,15,16,18,19). The summed E-state index contributed by atoms with van der Waals surface area (Å²) in [6.07, 6.45) is 2.40. The third-order valence-electron chi connectivity index (χ3n) is 4.50. The Hall–Kier alpha value is -1.56. The molecule has 2 atom stereocenters. The summed E-state index contributed by atoms with van der Waals surface area (Å²) in [7, 11) is 0. The van der Waals surface area contributed by atoms with E-state index in [0.717, 1.165) is 37.4 Å². The number of fused-ring (bicyclic) bond motifs is 1. The van der Waals surface area contributed by atoms with Gasteiger partial charge in [0.05, 0.1) is 0 Å². The highest BCUT2D eigenvalue weighted by Gasteiger charge is 2.34. The minimum Gasteiger partial charge on any atom is -0.383 e. The first kappa shape index (κ1) is 13.4. The minimum atomic E-state index is 0.272. The molecule has 0 spiro atoms. The second kappa shape index (κ2) is 5.09. The Labute approximate surface area is 119 Å². The predicted molar refractivity (Wildman–Crippen MR) is 81.7 cm³/mol. The van der Waals surface area contributed by atoms with Gasteiger partial charge in [-0.1, -0.05) is 13.8 Å². The number of rotatable bonds is 2. The van der Waals surface area contributed by atoms with Crippen LogP contribution in [0.3, 0.4) is 0 Å². The molecule has 1 aromatic rings. The third kappa shape index (κ3) is 2.28. The van der Waals surface area contributed by atoms with E-state index in [-0.39, 0.29) is 5.95 Å². The van der Waals surface area contributed by atoms with Crippen LogP contribution in [0.1, 0.15) is 38.2 Å². The maximum absolute atomic E-state index is 6.07. The molecule has 2 aliphatic heterocycles. The van der Waals surface area contributed by atoms with E-state index in [1.807, 2.05) is 0 Å². The normalized spacial score (nSPS) is 26.1. The van der Waals surface area contributed by atoms with Crippen LogP contribution in [0.25, 0.3) is 0 Å². The summed E-state index contributed by atoms with van der Waals surface area (Å²) in [6.45, 7) is 7.42. The molecule has 2 saturated heterocycles. The van der Waals surface area contributed by atoms with Gasteiger partial charge in [-0.15, -0.1) is 0 Å². The fraction of sp³-hybridized carbons (Fsp3) is 0.714. The Balaban J connectivity index is 1.93. The number of nitrogens with zero attached hydrogens (tertiary/aromatic N) is 3. The van der Waals surface area contributed by atoms with Crippen molar-refractivity contribution in [3.63, 3.8) is 0 Å². The molecular formula is C14H24N6. The van der Waals surface area contributed by atoms with Crippen molar-refractivity contribution in [2.24, 2.45) is 5.92 Å². The van der Waals surface area contributed by atoms with E-state index in [1.54, 1.807) is 0 Å². The van der Waals surface area contributed by atoms with Gasteiger partial charge in [-0.3, -0.25) is 0 Å². The maximum atomic E-state index is 6.07. The van der Waals surface area contributed by atoms with Crippen molar-refractivity contribution in [1.29, 1.82) is 0 Å². The zero-order chi connectivity index (χ0) is 14.3. The number of nitrogens with one attached hydrogen (secondary N) is 1. The highest BCUT2D eigenvalue weighted by Crippen LogP contribution is 2.34. The first-order valence-corrected chi connectivity index (χ1v) is 7.47. The van der Waals surface area contributed by atoms with Crippen LogP contribution < -0.4 is 21.7 Å². The van der Waals surface area contributed by atoms with Crippen LogP contribution in [0.2, 0.25) is 0 Å². The molecular weight excluding hydrogens is 252 g/mol. The molecule has 5 N–H and O–H groups in total. The smallest absolute Gasteiger partial charge is 0.223 e. The lowest BCUT2D eigenvalue weighted by Crippen LogP contribution is -2.45. The lowest BCUT2D eigenvalue weighted by Gasteiger charge is -2.37. The van der Waals surface area contributed by atoms with E-state index < -0.39 is 0 Å². The average Bonchev–Trinajstić information content (AvgIpc) is 2.84. The first-order chi connectivity index (χ1) is 9.56. The molecule has 2 fully saturated rings. The van der Waals surface area contributed by atoms with Gasteiger partial charge in [0.15, 0.2) is 0 Å². The number of piperidine rings is 1. The quantitative estimate of drug-likeness (QED) is 0.745. The van der Waals surface area contributed by atoms with Crippen molar-refractivity contribution < 1.29 is 0 Å². The van der Waals surface area contributed by atoms with Crippen LogP contribution in [0.4, 0.5) is 17.6 Å². The van der Waals surface area contributed by atoms with Gasteiger partial charge >= 0.3 is 0 Å². The molecule has 3 rings (SSSR count). The molecule has 6 nitrogen and oxygen atoms in total. The van der Waals surface area contributed by atoms with Crippen LogP contribution in [-0.2, 0) is 0 Å². The molecule has 2 aliphatic rings. The minimum absolute atomic E-state index is 0.272. The molecule has 1 aromatic heterocycles. The second-order valence-electron chi connectivity index (χ2n) is 6.20. The molecule has 0 amide bonds. The number of anilines is 3. The van der Waals surface area contributed by atoms with E-state index in [9.17, 15) is 0 Å². The van der Waals surface area contributed by atoms with Gasteiger partial charge in [0, 0.05) is 24.7 Å². The summed E-state index contributed by atoms with van der Waals surface area (Å²) in [4.78, 5) is 11.0. The van der Waals surface area contributed by atoms with E-state index in [2.05, 4.69) is 34.0 Å². The lowest BCUT2D eigenvalue weighted by molar-refractivity contribution is 0.374. The van der Waals surface area contributed by atoms with Crippen molar-refractivity contribution >= 4 is 17.6 Å². The van der Waals surface area contributed by atoms with Crippen LogP contribution in [-0.4, -0.2) is 35.6 Å². The van der Waals surface area contributed by atoms with Gasteiger partial charge in [0.2, 0.25) is 5.95 Å². The zero-order valence-electron chi connectivity index (χ0n) is 12.3. The number of hydrogen-bond acceptors (Lipinski definition) is 6. The number of nitrogens with two attached hydrogens (primary N) is 2. The number of nitrogen functional groups attached to an aromatic ring is 2. The van der Waals surface area contributed by atoms with Gasteiger partial charge in [-0.05, 0) is 31.2 Å². The first-order valence-electron chi connectivity index (χ1n) is 7.47. The van der Waals surface area contributed by atoms with Gasteiger partial charge < -0.3 is 21.7 Å². The van der Waals surface area contributed by atoms with E-state index in [0.29, 0.717) is 23.7 Å². The summed E-state index contributed by atoms with van der Waals surface area (Å²) >= 11 is 0. The van der Waals surface area contributed by atoms with Crippen LogP contribution in [0.15, 0.2) is 0 Å². The van der Waals surface area contributed by atoms with Gasteiger partial charge in [-0.2, -0.15) is 9.97 Å². The SMILES string of the molecule is CC(C)c1c(N)nc(N)nc1N1CCC2NCCC2C1. The Morgan fingerprint density at radius 1 is 1.25 bits per heavy atom. The Bertz CT molecular complexity index is 501. The van der Waals surface area contributed by atoms with E-state index in [4.69, 9.17) is 11.5 Å². The monoisotopic (exact) mass is 276 g/mol. The fourth-order valence-electron chi connectivity index (χ4n) is 3.53. The number of hydrogen-bond donors (Lipinski definition) is 3. The average molecular weight is 276 g/mol. The molecule has 0 saturated carbocycles. The van der Waals surface area contributed by atoms with Crippen LogP contribution in [0.5, 0.6) is 0 Å². The third-order valence-corrected chi connectivity index (χ3v) is 4.50. The molecule has 0 radical (unpaired) electrons. The molecule has 0 aliphatic carbocycles. The Kier molecular flexibility index (Phi) is 3.41.